The van der Waals surface area contributed by atoms with Crippen molar-refractivity contribution in [2.75, 3.05) is 25.6 Å². The first-order valence-corrected chi connectivity index (χ1v) is 5.39. The quantitative estimate of drug-likeness (QED) is 0.524. The van der Waals surface area contributed by atoms with Crippen molar-refractivity contribution in [3.05, 3.63) is 12.2 Å². The number of hydrogen-bond acceptors (Lipinski definition) is 2. The van der Waals surface area contributed by atoms with E-state index in [9.17, 15) is 0 Å². The number of hydrogen-bond donors (Lipinski definition) is 1. The lowest BCUT2D eigenvalue weighted by molar-refractivity contribution is 0.111. The molecule has 0 radical (unpaired) electrons. The van der Waals surface area contributed by atoms with Gasteiger partial charge in [-0.3, -0.25) is 4.90 Å². The molecule has 0 aromatic rings. The van der Waals surface area contributed by atoms with Crippen LogP contribution >= 0.6 is 11.6 Å². The van der Waals surface area contributed by atoms with Crippen molar-refractivity contribution in [3.8, 4) is 0 Å². The molecule has 13 heavy (non-hydrogen) atoms. The summed E-state index contributed by atoms with van der Waals surface area (Å²) in [6.07, 6.45) is 3.84. The molecule has 0 aromatic carbocycles. The molecule has 76 valence electrons. The average molecular weight is 204 g/mol. The van der Waals surface area contributed by atoms with Gasteiger partial charge in [0.05, 0.1) is 6.61 Å². The van der Waals surface area contributed by atoms with Gasteiger partial charge in [-0.05, 0) is 18.4 Å². The number of halogens is 1. The fraction of sp³-hybridized carbons (Fsp3) is 0.800. The van der Waals surface area contributed by atoms with Crippen molar-refractivity contribution in [2.24, 2.45) is 0 Å². The average Bonchev–Trinajstić information content (AvgIpc) is 2.01. The minimum absolute atomic E-state index is 0.228. The molecule has 1 rings (SSSR count). The van der Waals surface area contributed by atoms with Crippen molar-refractivity contribution in [1.82, 2.24) is 4.90 Å². The molecule has 2 nitrogen and oxygen atoms in total. The van der Waals surface area contributed by atoms with Crippen LogP contribution in [0.2, 0.25) is 0 Å². The van der Waals surface area contributed by atoms with Crippen molar-refractivity contribution < 1.29 is 5.11 Å². The molecule has 0 aromatic heterocycles. The molecule has 3 heteroatoms. The first-order valence-electron chi connectivity index (χ1n) is 4.85. The van der Waals surface area contributed by atoms with E-state index in [1.165, 1.54) is 19.3 Å². The lowest BCUT2D eigenvalue weighted by Gasteiger charge is -2.37. The number of aliphatic hydroxyl groups excluding tert-OH is 1. The van der Waals surface area contributed by atoms with E-state index in [-0.39, 0.29) is 6.61 Å². The second kappa shape index (κ2) is 5.63. The molecule has 0 bridgehead atoms. The van der Waals surface area contributed by atoms with E-state index >= 15 is 0 Å². The minimum Gasteiger partial charge on any atom is -0.395 e. The second-order valence-electron chi connectivity index (χ2n) is 3.66. The fourth-order valence-electron chi connectivity index (χ4n) is 1.60. The maximum atomic E-state index is 8.89. The summed E-state index contributed by atoms with van der Waals surface area (Å²) >= 11 is 5.67. The Morgan fingerprint density at radius 1 is 1.54 bits per heavy atom. The van der Waals surface area contributed by atoms with Crippen LogP contribution in [-0.2, 0) is 0 Å². The van der Waals surface area contributed by atoms with E-state index in [4.69, 9.17) is 16.7 Å². The third-order valence-electron chi connectivity index (χ3n) is 2.59. The summed E-state index contributed by atoms with van der Waals surface area (Å²) in [5.74, 6) is 0.522. The number of rotatable bonds is 6. The van der Waals surface area contributed by atoms with E-state index in [1.807, 2.05) is 0 Å². The molecule has 0 amide bonds. The highest BCUT2D eigenvalue weighted by atomic mass is 35.5. The smallest absolute Gasteiger partial charge is 0.0558 e. The highest BCUT2D eigenvalue weighted by Gasteiger charge is 2.24. The summed E-state index contributed by atoms with van der Waals surface area (Å²) in [5, 5.41) is 8.89. The molecular weight excluding hydrogens is 186 g/mol. The van der Waals surface area contributed by atoms with Gasteiger partial charge in [0.15, 0.2) is 0 Å². The van der Waals surface area contributed by atoms with Gasteiger partial charge >= 0.3 is 0 Å². The molecule has 1 fully saturated rings. The molecule has 0 spiro atoms. The predicted molar refractivity (Wildman–Crippen MR) is 56.2 cm³/mol. The minimum atomic E-state index is 0.228. The highest BCUT2D eigenvalue weighted by Crippen LogP contribution is 2.24. The Balaban J connectivity index is 2.32. The van der Waals surface area contributed by atoms with Crippen molar-refractivity contribution >= 4 is 11.6 Å². The molecule has 1 aliphatic rings. The Bertz CT molecular complexity index is 168. The van der Waals surface area contributed by atoms with Crippen LogP contribution in [0.25, 0.3) is 0 Å². The van der Waals surface area contributed by atoms with Crippen LogP contribution in [-0.4, -0.2) is 41.6 Å². The van der Waals surface area contributed by atoms with Crippen LogP contribution in [0.5, 0.6) is 0 Å². The zero-order chi connectivity index (χ0) is 9.68. The standard InChI is InChI=1S/C10H18ClNO/c1-9(7-11)8-12(5-6-13)10-3-2-4-10/h10,13H,1-8H2. The zero-order valence-corrected chi connectivity index (χ0v) is 8.76. The summed E-state index contributed by atoms with van der Waals surface area (Å²) in [6.45, 7) is 5.70. The van der Waals surface area contributed by atoms with Crippen LogP contribution in [0.3, 0.4) is 0 Å². The van der Waals surface area contributed by atoms with Gasteiger partial charge < -0.3 is 5.11 Å². The molecule has 1 aliphatic carbocycles. The Kier molecular flexibility index (Phi) is 4.78. The van der Waals surface area contributed by atoms with Gasteiger partial charge in [-0.25, -0.2) is 0 Å². The van der Waals surface area contributed by atoms with Gasteiger partial charge in [0.25, 0.3) is 0 Å². The Morgan fingerprint density at radius 3 is 2.62 bits per heavy atom. The first-order chi connectivity index (χ1) is 6.27. The van der Waals surface area contributed by atoms with Crippen molar-refractivity contribution in [3.63, 3.8) is 0 Å². The summed E-state index contributed by atoms with van der Waals surface area (Å²) < 4.78 is 0. The Hall–Kier alpha value is -0.0500. The van der Waals surface area contributed by atoms with Gasteiger partial charge in [0.1, 0.15) is 0 Å². The van der Waals surface area contributed by atoms with Gasteiger partial charge in [-0.2, -0.15) is 0 Å². The zero-order valence-electron chi connectivity index (χ0n) is 8.01. The molecule has 1 saturated carbocycles. The molecule has 0 aliphatic heterocycles. The van der Waals surface area contributed by atoms with Crippen LogP contribution in [0, 0.1) is 0 Å². The molecule has 0 unspecified atom stereocenters. The third-order valence-corrected chi connectivity index (χ3v) is 2.97. The van der Waals surface area contributed by atoms with Gasteiger partial charge in [0, 0.05) is 25.0 Å². The number of aliphatic hydroxyl groups is 1. The fourth-order valence-corrected chi connectivity index (χ4v) is 1.69. The summed E-state index contributed by atoms with van der Waals surface area (Å²) in [6, 6.07) is 0.659. The Labute approximate surface area is 85.2 Å². The highest BCUT2D eigenvalue weighted by molar-refractivity contribution is 6.19. The van der Waals surface area contributed by atoms with Gasteiger partial charge in [-0.1, -0.05) is 13.0 Å². The maximum absolute atomic E-state index is 8.89. The Morgan fingerprint density at radius 2 is 2.23 bits per heavy atom. The lowest BCUT2D eigenvalue weighted by atomic mass is 9.91. The predicted octanol–water partition coefficient (Wildman–Crippen LogP) is 1.63. The van der Waals surface area contributed by atoms with Gasteiger partial charge in [0.2, 0.25) is 0 Å². The summed E-state index contributed by atoms with van der Waals surface area (Å²) in [4.78, 5) is 2.29. The van der Waals surface area contributed by atoms with Crippen LogP contribution in [0.15, 0.2) is 12.2 Å². The maximum Gasteiger partial charge on any atom is 0.0558 e. The molecule has 0 heterocycles. The SMILES string of the molecule is C=C(CCl)CN(CCO)C1CCC1. The molecule has 0 saturated heterocycles. The van der Waals surface area contributed by atoms with Crippen molar-refractivity contribution in [2.45, 2.75) is 25.3 Å². The second-order valence-corrected chi connectivity index (χ2v) is 3.93. The number of alkyl halides is 1. The van der Waals surface area contributed by atoms with E-state index < -0.39 is 0 Å². The largest absolute Gasteiger partial charge is 0.395 e. The number of nitrogens with zero attached hydrogens (tertiary/aromatic N) is 1. The van der Waals surface area contributed by atoms with Crippen molar-refractivity contribution in [1.29, 1.82) is 0 Å². The lowest BCUT2D eigenvalue weighted by Crippen LogP contribution is -2.42. The topological polar surface area (TPSA) is 23.5 Å². The van der Waals surface area contributed by atoms with E-state index in [2.05, 4.69) is 11.5 Å². The van der Waals surface area contributed by atoms with E-state index in [1.54, 1.807) is 0 Å². The summed E-state index contributed by atoms with van der Waals surface area (Å²) in [7, 11) is 0. The molecule has 0 atom stereocenters. The molecular formula is C10H18ClNO. The molecule has 1 N–H and O–H groups in total. The third kappa shape index (κ3) is 3.29. The monoisotopic (exact) mass is 203 g/mol. The van der Waals surface area contributed by atoms with Gasteiger partial charge in [-0.15, -0.1) is 11.6 Å². The van der Waals surface area contributed by atoms with Crippen LogP contribution in [0.4, 0.5) is 0 Å². The summed E-state index contributed by atoms with van der Waals surface area (Å²) in [5.41, 5.74) is 1.04. The normalized spacial score (nSPS) is 17.5. The van der Waals surface area contributed by atoms with E-state index in [0.717, 1.165) is 18.7 Å². The van der Waals surface area contributed by atoms with E-state index in [0.29, 0.717) is 11.9 Å². The van der Waals surface area contributed by atoms with Crippen LogP contribution < -0.4 is 0 Å². The first kappa shape index (κ1) is 11.0. The van der Waals surface area contributed by atoms with Crippen LogP contribution in [0.1, 0.15) is 19.3 Å².